The lowest BCUT2D eigenvalue weighted by atomic mass is 9.97. The number of hydrogen-bond acceptors (Lipinski definition) is 3. The van der Waals surface area contributed by atoms with Crippen molar-refractivity contribution in [2.75, 3.05) is 11.9 Å². The van der Waals surface area contributed by atoms with E-state index in [4.69, 9.17) is 9.84 Å². The molecule has 1 aromatic carbocycles. The Morgan fingerprint density at radius 1 is 1.40 bits per heavy atom. The van der Waals surface area contributed by atoms with Gasteiger partial charge < -0.3 is 15.2 Å². The lowest BCUT2D eigenvalue weighted by molar-refractivity contribution is -0.139. The van der Waals surface area contributed by atoms with E-state index in [9.17, 15) is 9.59 Å². The second kappa shape index (κ2) is 6.41. The van der Waals surface area contributed by atoms with Gasteiger partial charge in [-0.3, -0.25) is 4.79 Å². The van der Waals surface area contributed by atoms with Gasteiger partial charge in [-0.15, -0.1) is 0 Å². The maximum absolute atomic E-state index is 12.2. The van der Waals surface area contributed by atoms with Crippen molar-refractivity contribution in [3.05, 3.63) is 24.3 Å². The van der Waals surface area contributed by atoms with Crippen LogP contribution in [0.3, 0.4) is 0 Å². The van der Waals surface area contributed by atoms with Crippen molar-refractivity contribution in [2.24, 2.45) is 11.8 Å². The molecule has 20 heavy (non-hydrogen) atoms. The monoisotopic (exact) mass is 277 g/mol. The molecule has 5 heteroatoms. The summed E-state index contributed by atoms with van der Waals surface area (Å²) in [4.78, 5) is 22.6. The molecule has 0 aliphatic heterocycles. The van der Waals surface area contributed by atoms with Crippen LogP contribution in [-0.4, -0.2) is 23.6 Å². The zero-order chi connectivity index (χ0) is 14.5. The zero-order valence-electron chi connectivity index (χ0n) is 11.5. The van der Waals surface area contributed by atoms with E-state index in [-0.39, 0.29) is 11.8 Å². The molecule has 0 heterocycles. The molecule has 1 fully saturated rings. The molecule has 1 aromatic rings. The van der Waals surface area contributed by atoms with Gasteiger partial charge in [-0.2, -0.15) is 0 Å². The number of aliphatic carboxylic acids is 1. The number of carboxylic acids is 1. The largest absolute Gasteiger partial charge is 0.482 e. The number of anilines is 1. The van der Waals surface area contributed by atoms with Crippen molar-refractivity contribution in [1.29, 1.82) is 0 Å². The van der Waals surface area contributed by atoms with Crippen molar-refractivity contribution in [1.82, 2.24) is 0 Å². The summed E-state index contributed by atoms with van der Waals surface area (Å²) >= 11 is 0. The summed E-state index contributed by atoms with van der Waals surface area (Å²) in [5.74, 6) is -0.0747. The van der Waals surface area contributed by atoms with E-state index in [1.54, 1.807) is 24.3 Å². The van der Waals surface area contributed by atoms with Crippen LogP contribution >= 0.6 is 0 Å². The number of carbonyl (C=O) groups excluding carboxylic acids is 1. The molecule has 0 bridgehead atoms. The maximum atomic E-state index is 12.2. The van der Waals surface area contributed by atoms with Gasteiger partial charge in [0.1, 0.15) is 5.75 Å². The minimum atomic E-state index is -1.03. The lowest BCUT2D eigenvalue weighted by Crippen LogP contribution is -2.24. The van der Waals surface area contributed by atoms with Crippen molar-refractivity contribution in [3.63, 3.8) is 0 Å². The van der Waals surface area contributed by atoms with Crippen LogP contribution in [0.2, 0.25) is 0 Å². The van der Waals surface area contributed by atoms with Gasteiger partial charge in [-0.1, -0.05) is 19.4 Å². The smallest absolute Gasteiger partial charge is 0.341 e. The molecule has 0 radical (unpaired) electrons. The third kappa shape index (κ3) is 3.73. The molecular formula is C15H19NO4. The number of benzene rings is 1. The third-order valence-corrected chi connectivity index (χ3v) is 3.66. The van der Waals surface area contributed by atoms with Crippen LogP contribution in [0, 0.1) is 11.8 Å². The van der Waals surface area contributed by atoms with E-state index >= 15 is 0 Å². The number of ether oxygens (including phenoxy) is 1. The van der Waals surface area contributed by atoms with Crippen LogP contribution in [-0.2, 0) is 9.59 Å². The number of nitrogens with one attached hydrogen (secondary N) is 1. The highest BCUT2D eigenvalue weighted by Gasteiger charge is 2.29. The fourth-order valence-corrected chi connectivity index (χ4v) is 2.58. The SMILES string of the molecule is CC1CCCC1C(=O)Nc1cccc(OCC(=O)O)c1. The van der Waals surface area contributed by atoms with E-state index in [0.29, 0.717) is 17.4 Å². The minimum Gasteiger partial charge on any atom is -0.482 e. The highest BCUT2D eigenvalue weighted by atomic mass is 16.5. The van der Waals surface area contributed by atoms with Crippen LogP contribution in [0.1, 0.15) is 26.2 Å². The van der Waals surface area contributed by atoms with Gasteiger partial charge in [0.25, 0.3) is 0 Å². The Morgan fingerprint density at radius 2 is 2.20 bits per heavy atom. The summed E-state index contributed by atoms with van der Waals surface area (Å²) in [7, 11) is 0. The first-order chi connectivity index (χ1) is 9.56. The molecule has 1 aliphatic rings. The molecule has 2 atom stereocenters. The van der Waals surface area contributed by atoms with Gasteiger partial charge in [0, 0.05) is 17.7 Å². The Hall–Kier alpha value is -2.04. The Labute approximate surface area is 117 Å². The normalized spacial score (nSPS) is 21.4. The van der Waals surface area contributed by atoms with E-state index in [1.165, 1.54) is 0 Å². The minimum absolute atomic E-state index is 0.0328. The van der Waals surface area contributed by atoms with Crippen LogP contribution in [0.25, 0.3) is 0 Å². The van der Waals surface area contributed by atoms with Gasteiger partial charge in [-0.05, 0) is 30.9 Å². The quantitative estimate of drug-likeness (QED) is 0.867. The van der Waals surface area contributed by atoms with Crippen molar-refractivity contribution in [2.45, 2.75) is 26.2 Å². The summed E-state index contributed by atoms with van der Waals surface area (Å²) in [5.41, 5.74) is 0.636. The molecule has 1 saturated carbocycles. The Balaban J connectivity index is 1.96. The van der Waals surface area contributed by atoms with Crippen molar-refractivity contribution >= 4 is 17.6 Å². The summed E-state index contributed by atoms with van der Waals surface area (Å²) in [6, 6.07) is 6.80. The fourth-order valence-electron chi connectivity index (χ4n) is 2.58. The predicted molar refractivity (Wildman–Crippen MR) is 74.7 cm³/mol. The first-order valence-electron chi connectivity index (χ1n) is 6.82. The zero-order valence-corrected chi connectivity index (χ0v) is 11.5. The Morgan fingerprint density at radius 3 is 2.85 bits per heavy atom. The topological polar surface area (TPSA) is 75.6 Å². The molecule has 2 unspecified atom stereocenters. The average molecular weight is 277 g/mol. The van der Waals surface area contributed by atoms with Crippen LogP contribution in [0.5, 0.6) is 5.75 Å². The van der Waals surface area contributed by atoms with Crippen LogP contribution in [0.4, 0.5) is 5.69 Å². The van der Waals surface area contributed by atoms with Gasteiger partial charge in [0.2, 0.25) is 5.91 Å². The van der Waals surface area contributed by atoms with Gasteiger partial charge in [0.15, 0.2) is 6.61 Å². The molecule has 1 amide bonds. The van der Waals surface area contributed by atoms with E-state index in [2.05, 4.69) is 12.2 Å². The number of carboxylic acid groups (broad SMARTS) is 1. The standard InChI is InChI=1S/C15H19NO4/c1-10-4-2-7-13(10)15(19)16-11-5-3-6-12(8-11)20-9-14(17)18/h3,5-6,8,10,13H,2,4,7,9H2,1H3,(H,16,19)(H,17,18). The first-order valence-corrected chi connectivity index (χ1v) is 6.82. The molecule has 0 spiro atoms. The Bertz CT molecular complexity index is 500. The maximum Gasteiger partial charge on any atom is 0.341 e. The second-order valence-electron chi connectivity index (χ2n) is 5.21. The summed E-state index contributed by atoms with van der Waals surface area (Å²) < 4.78 is 5.09. The average Bonchev–Trinajstić information content (AvgIpc) is 2.83. The van der Waals surface area contributed by atoms with E-state index in [1.807, 2.05) is 0 Å². The molecule has 0 aromatic heterocycles. The van der Waals surface area contributed by atoms with Gasteiger partial charge >= 0.3 is 5.97 Å². The molecule has 108 valence electrons. The highest BCUT2D eigenvalue weighted by Crippen LogP contribution is 2.32. The summed E-state index contributed by atoms with van der Waals surface area (Å²) in [6.45, 7) is 1.71. The second-order valence-corrected chi connectivity index (χ2v) is 5.21. The molecule has 5 nitrogen and oxygen atoms in total. The number of carbonyl (C=O) groups is 2. The van der Waals surface area contributed by atoms with Crippen LogP contribution < -0.4 is 10.1 Å². The molecule has 2 rings (SSSR count). The third-order valence-electron chi connectivity index (χ3n) is 3.66. The van der Waals surface area contributed by atoms with E-state index in [0.717, 1.165) is 19.3 Å². The molecule has 0 saturated heterocycles. The van der Waals surface area contributed by atoms with Crippen molar-refractivity contribution in [3.8, 4) is 5.75 Å². The first kappa shape index (κ1) is 14.4. The number of rotatable bonds is 5. The molecule has 2 N–H and O–H groups in total. The number of amides is 1. The molecule has 1 aliphatic carbocycles. The summed E-state index contributed by atoms with van der Waals surface area (Å²) in [5, 5.41) is 11.4. The molecular weight excluding hydrogens is 258 g/mol. The number of hydrogen-bond donors (Lipinski definition) is 2. The van der Waals surface area contributed by atoms with E-state index < -0.39 is 12.6 Å². The fraction of sp³-hybridized carbons (Fsp3) is 0.467. The summed E-state index contributed by atoms with van der Waals surface area (Å²) in [6.07, 6.45) is 3.13. The van der Waals surface area contributed by atoms with Crippen LogP contribution in [0.15, 0.2) is 24.3 Å². The predicted octanol–water partition coefficient (Wildman–Crippen LogP) is 2.52. The Kier molecular flexibility index (Phi) is 4.61. The lowest BCUT2D eigenvalue weighted by Gasteiger charge is -2.15. The van der Waals surface area contributed by atoms with Crippen molar-refractivity contribution < 1.29 is 19.4 Å². The highest BCUT2D eigenvalue weighted by molar-refractivity contribution is 5.93. The van der Waals surface area contributed by atoms with Gasteiger partial charge in [0.05, 0.1) is 0 Å². The van der Waals surface area contributed by atoms with Gasteiger partial charge in [-0.25, -0.2) is 4.79 Å².